The van der Waals surface area contributed by atoms with Gasteiger partial charge in [0.15, 0.2) is 11.5 Å². The van der Waals surface area contributed by atoms with Crippen molar-refractivity contribution in [3.8, 4) is 17.1 Å². The summed E-state index contributed by atoms with van der Waals surface area (Å²) in [6.07, 6.45) is 2.13. The molecule has 0 atom stereocenters. The zero-order valence-electron chi connectivity index (χ0n) is 18.1. The SMILES string of the molecule is Cc1cn2c(-c3ccc(-n4c5ccccc5c5ccccc54)cc3)nnc2c2ccccc12. The van der Waals surface area contributed by atoms with Crippen LogP contribution in [0.3, 0.4) is 0 Å². The molecule has 33 heavy (non-hydrogen) atoms. The Hall–Kier alpha value is -4.44. The van der Waals surface area contributed by atoms with Crippen LogP contribution in [-0.4, -0.2) is 19.2 Å². The predicted octanol–water partition coefficient (Wildman–Crippen LogP) is 6.96. The molecule has 156 valence electrons. The van der Waals surface area contributed by atoms with Gasteiger partial charge in [-0.1, -0.05) is 60.7 Å². The molecular weight excluding hydrogens is 404 g/mol. The van der Waals surface area contributed by atoms with E-state index in [0.29, 0.717) is 0 Å². The third-order valence-electron chi connectivity index (χ3n) is 6.58. The van der Waals surface area contributed by atoms with Crippen LogP contribution >= 0.6 is 0 Å². The molecule has 0 N–H and O–H groups in total. The van der Waals surface area contributed by atoms with E-state index in [-0.39, 0.29) is 0 Å². The van der Waals surface area contributed by atoms with Crippen LogP contribution in [0.4, 0.5) is 0 Å². The Morgan fingerprint density at radius 2 is 1.15 bits per heavy atom. The first-order chi connectivity index (χ1) is 16.3. The van der Waals surface area contributed by atoms with Crippen molar-refractivity contribution in [2.75, 3.05) is 0 Å². The Labute approximate surface area is 190 Å². The fourth-order valence-electron chi connectivity index (χ4n) is 5.04. The van der Waals surface area contributed by atoms with Gasteiger partial charge in [0.05, 0.1) is 11.0 Å². The lowest BCUT2D eigenvalue weighted by molar-refractivity contribution is 1.11. The molecule has 0 unspecified atom stereocenters. The Morgan fingerprint density at radius 1 is 0.576 bits per heavy atom. The van der Waals surface area contributed by atoms with Gasteiger partial charge in [-0.25, -0.2) is 0 Å². The molecule has 0 radical (unpaired) electrons. The van der Waals surface area contributed by atoms with Crippen LogP contribution in [-0.2, 0) is 0 Å². The van der Waals surface area contributed by atoms with E-state index >= 15 is 0 Å². The highest BCUT2D eigenvalue weighted by Crippen LogP contribution is 2.33. The Balaban J connectivity index is 1.41. The maximum absolute atomic E-state index is 4.56. The molecule has 7 aromatic rings. The van der Waals surface area contributed by atoms with Crippen molar-refractivity contribution in [1.82, 2.24) is 19.2 Å². The summed E-state index contributed by atoms with van der Waals surface area (Å²) in [5.41, 5.74) is 6.69. The smallest absolute Gasteiger partial charge is 0.168 e. The molecule has 0 fully saturated rings. The number of nitrogens with zero attached hydrogens (tertiary/aromatic N) is 4. The first-order valence-corrected chi connectivity index (χ1v) is 11.1. The molecule has 0 spiro atoms. The van der Waals surface area contributed by atoms with Crippen molar-refractivity contribution < 1.29 is 0 Å². The van der Waals surface area contributed by atoms with Gasteiger partial charge in [-0.2, -0.15) is 0 Å². The average molecular weight is 425 g/mol. The Bertz CT molecular complexity index is 1770. The molecule has 4 heteroatoms. The van der Waals surface area contributed by atoms with Gasteiger partial charge in [0.25, 0.3) is 0 Å². The van der Waals surface area contributed by atoms with E-state index in [2.05, 4.69) is 129 Å². The summed E-state index contributed by atoms with van der Waals surface area (Å²) in [6, 6.07) is 34.1. The van der Waals surface area contributed by atoms with Crippen molar-refractivity contribution in [3.05, 3.63) is 109 Å². The third kappa shape index (κ3) is 2.58. The van der Waals surface area contributed by atoms with Crippen molar-refractivity contribution in [2.24, 2.45) is 0 Å². The first kappa shape index (κ1) is 18.2. The maximum Gasteiger partial charge on any atom is 0.168 e. The van der Waals surface area contributed by atoms with Gasteiger partial charge >= 0.3 is 0 Å². The fraction of sp³-hybridized carbons (Fsp3) is 0.0345. The minimum atomic E-state index is 0.854. The molecule has 3 aromatic heterocycles. The number of hydrogen-bond donors (Lipinski definition) is 0. The largest absolute Gasteiger partial charge is 0.309 e. The van der Waals surface area contributed by atoms with Crippen LogP contribution in [0, 0.1) is 6.92 Å². The van der Waals surface area contributed by atoms with E-state index in [1.54, 1.807) is 0 Å². The molecule has 7 rings (SSSR count). The molecule has 0 bridgehead atoms. The van der Waals surface area contributed by atoms with E-state index in [1.807, 2.05) is 0 Å². The number of benzene rings is 4. The Kier molecular flexibility index (Phi) is 3.73. The molecule has 4 aromatic carbocycles. The molecule has 0 amide bonds. The molecule has 4 nitrogen and oxygen atoms in total. The summed E-state index contributed by atoms with van der Waals surface area (Å²) in [5, 5.41) is 14.0. The number of aryl methyl sites for hydroxylation is 1. The van der Waals surface area contributed by atoms with Gasteiger partial charge in [0.1, 0.15) is 0 Å². The van der Waals surface area contributed by atoms with Gasteiger partial charge in [0.2, 0.25) is 0 Å². The van der Waals surface area contributed by atoms with Crippen molar-refractivity contribution >= 4 is 38.2 Å². The predicted molar refractivity (Wildman–Crippen MR) is 135 cm³/mol. The summed E-state index contributed by atoms with van der Waals surface area (Å²) >= 11 is 0. The maximum atomic E-state index is 4.56. The highest BCUT2D eigenvalue weighted by atomic mass is 15.2. The number of fused-ring (bicyclic) bond motifs is 6. The lowest BCUT2D eigenvalue weighted by atomic mass is 10.1. The van der Waals surface area contributed by atoms with Crippen molar-refractivity contribution in [2.45, 2.75) is 6.92 Å². The number of rotatable bonds is 2. The monoisotopic (exact) mass is 424 g/mol. The minimum Gasteiger partial charge on any atom is -0.309 e. The third-order valence-corrected chi connectivity index (χ3v) is 6.58. The average Bonchev–Trinajstić information content (AvgIpc) is 3.44. The van der Waals surface area contributed by atoms with Crippen molar-refractivity contribution in [3.63, 3.8) is 0 Å². The normalized spacial score (nSPS) is 11.8. The number of hydrogen-bond acceptors (Lipinski definition) is 2. The summed E-state index contributed by atoms with van der Waals surface area (Å²) in [7, 11) is 0. The van der Waals surface area contributed by atoms with E-state index in [0.717, 1.165) is 28.1 Å². The van der Waals surface area contributed by atoms with E-state index in [4.69, 9.17) is 0 Å². The Morgan fingerprint density at radius 3 is 1.82 bits per heavy atom. The van der Waals surface area contributed by atoms with Gasteiger partial charge < -0.3 is 4.57 Å². The molecule has 0 aliphatic heterocycles. The fourth-order valence-corrected chi connectivity index (χ4v) is 5.04. The second kappa shape index (κ2) is 6.78. The van der Waals surface area contributed by atoms with Crippen molar-refractivity contribution in [1.29, 1.82) is 0 Å². The van der Waals surface area contributed by atoms with Crippen LogP contribution in [0.5, 0.6) is 0 Å². The lowest BCUT2D eigenvalue weighted by Gasteiger charge is -2.09. The molecule has 0 saturated carbocycles. The molecule has 0 saturated heterocycles. The van der Waals surface area contributed by atoms with Crippen LogP contribution in [0.1, 0.15) is 5.56 Å². The highest BCUT2D eigenvalue weighted by Gasteiger charge is 2.14. The number of pyridine rings is 1. The summed E-state index contributed by atoms with van der Waals surface area (Å²) < 4.78 is 4.43. The van der Waals surface area contributed by atoms with Crippen LogP contribution < -0.4 is 0 Å². The zero-order chi connectivity index (χ0) is 21.9. The summed E-state index contributed by atoms with van der Waals surface area (Å²) in [4.78, 5) is 0. The molecule has 0 aliphatic carbocycles. The van der Waals surface area contributed by atoms with E-state index < -0.39 is 0 Å². The second-order valence-corrected chi connectivity index (χ2v) is 8.49. The van der Waals surface area contributed by atoms with Gasteiger partial charge in [-0.15, -0.1) is 10.2 Å². The molecule has 3 heterocycles. The van der Waals surface area contributed by atoms with Crippen LogP contribution in [0.25, 0.3) is 55.3 Å². The van der Waals surface area contributed by atoms with E-state index in [1.165, 1.54) is 32.8 Å². The van der Waals surface area contributed by atoms with Gasteiger partial charge in [-0.05, 0) is 54.3 Å². The summed E-state index contributed by atoms with van der Waals surface area (Å²) in [6.45, 7) is 2.14. The first-order valence-electron chi connectivity index (χ1n) is 11.1. The van der Waals surface area contributed by atoms with Crippen LogP contribution in [0.15, 0.2) is 103 Å². The minimum absolute atomic E-state index is 0.854. The lowest BCUT2D eigenvalue weighted by Crippen LogP contribution is -1.95. The van der Waals surface area contributed by atoms with Crippen LogP contribution in [0.2, 0.25) is 0 Å². The summed E-state index contributed by atoms with van der Waals surface area (Å²) in [5.74, 6) is 0.854. The molecule has 0 aliphatic rings. The zero-order valence-corrected chi connectivity index (χ0v) is 18.1. The second-order valence-electron chi connectivity index (χ2n) is 8.49. The molecular formula is C29H20N4. The van der Waals surface area contributed by atoms with Gasteiger partial charge in [-0.3, -0.25) is 4.40 Å². The number of aromatic nitrogens is 4. The standard InChI is InChI=1S/C29H20N4/c1-19-18-32-28(30-31-29(32)25-11-3-2-8-22(19)25)20-14-16-21(17-15-20)33-26-12-6-4-9-23(26)24-10-5-7-13-27(24)33/h2-18H,1H3. The quantitative estimate of drug-likeness (QED) is 0.301. The van der Waals surface area contributed by atoms with Gasteiger partial charge in [0, 0.05) is 33.6 Å². The van der Waals surface area contributed by atoms with E-state index in [9.17, 15) is 0 Å². The topological polar surface area (TPSA) is 35.1 Å². The number of para-hydroxylation sites is 2. The highest BCUT2D eigenvalue weighted by molar-refractivity contribution is 6.09.